The van der Waals surface area contributed by atoms with Crippen LogP contribution in [0.3, 0.4) is 0 Å². The minimum Gasteiger partial charge on any atom is -0.486 e. The summed E-state index contributed by atoms with van der Waals surface area (Å²) in [6, 6.07) is 6.42. The second kappa shape index (κ2) is 7.63. The van der Waals surface area contributed by atoms with Gasteiger partial charge >= 0.3 is 0 Å². The molecule has 26 heavy (non-hydrogen) atoms. The molecule has 1 atom stereocenters. The third-order valence-corrected chi connectivity index (χ3v) is 5.12. The molecule has 0 spiro atoms. The second-order valence-corrected chi connectivity index (χ2v) is 6.87. The van der Waals surface area contributed by atoms with Crippen LogP contribution in [0.4, 0.5) is 0 Å². The molecule has 1 unspecified atom stereocenters. The summed E-state index contributed by atoms with van der Waals surface area (Å²) >= 11 is 0. The third kappa shape index (κ3) is 3.68. The highest BCUT2D eigenvalue weighted by Crippen LogP contribution is 2.31. The monoisotopic (exact) mass is 358 g/mol. The molecule has 1 saturated heterocycles. The molecule has 3 heterocycles. The molecule has 1 fully saturated rings. The molecule has 0 saturated carbocycles. The molecule has 1 aromatic carbocycles. The molecule has 2 aliphatic heterocycles. The van der Waals surface area contributed by atoms with Gasteiger partial charge in [-0.1, -0.05) is 18.1 Å². The lowest BCUT2D eigenvalue weighted by atomic mass is 10.1. The summed E-state index contributed by atoms with van der Waals surface area (Å²) in [6.07, 6.45) is 0.805. The molecule has 140 valence electrons. The number of hydrogen-bond donors (Lipinski definition) is 0. The number of hydrogen-bond acceptors (Lipinski definition) is 7. The number of ether oxygens (including phenoxy) is 2. The Hall–Kier alpha value is -2.12. The number of piperazine rings is 1. The highest BCUT2D eigenvalue weighted by Gasteiger charge is 2.26. The summed E-state index contributed by atoms with van der Waals surface area (Å²) in [5, 5.41) is 4.01. The van der Waals surface area contributed by atoms with Gasteiger partial charge in [-0.3, -0.25) is 9.80 Å². The fraction of sp³-hybridized carbons (Fsp3) is 0.579. The first-order valence-corrected chi connectivity index (χ1v) is 9.40. The molecular formula is C19H26N4O3. The van der Waals surface area contributed by atoms with Gasteiger partial charge in [0.15, 0.2) is 17.3 Å². The fourth-order valence-electron chi connectivity index (χ4n) is 3.49. The molecule has 7 nitrogen and oxygen atoms in total. The normalized spacial score (nSPS) is 19.5. The van der Waals surface area contributed by atoms with Crippen LogP contribution >= 0.6 is 0 Å². The van der Waals surface area contributed by atoms with Crippen molar-refractivity contribution in [1.82, 2.24) is 19.9 Å². The van der Waals surface area contributed by atoms with E-state index in [-0.39, 0.29) is 6.04 Å². The van der Waals surface area contributed by atoms with Gasteiger partial charge in [-0.05, 0) is 24.6 Å². The van der Waals surface area contributed by atoms with Gasteiger partial charge in [0, 0.05) is 39.1 Å². The van der Waals surface area contributed by atoms with Crippen molar-refractivity contribution in [2.75, 3.05) is 39.4 Å². The van der Waals surface area contributed by atoms with Crippen molar-refractivity contribution < 1.29 is 14.0 Å². The number of rotatable bonds is 5. The molecule has 0 N–H and O–H groups in total. The Morgan fingerprint density at radius 1 is 1.08 bits per heavy atom. The van der Waals surface area contributed by atoms with E-state index in [4.69, 9.17) is 14.0 Å². The summed E-state index contributed by atoms with van der Waals surface area (Å²) in [4.78, 5) is 9.35. The fourth-order valence-corrected chi connectivity index (χ4v) is 3.49. The van der Waals surface area contributed by atoms with Crippen molar-refractivity contribution in [3.63, 3.8) is 0 Å². The molecule has 0 aliphatic carbocycles. The van der Waals surface area contributed by atoms with E-state index in [9.17, 15) is 0 Å². The molecular weight excluding hydrogens is 332 g/mol. The first-order chi connectivity index (χ1) is 12.7. The Kier molecular flexibility index (Phi) is 5.08. The maximum Gasteiger partial charge on any atom is 0.243 e. The van der Waals surface area contributed by atoms with E-state index in [2.05, 4.69) is 39.0 Å². The van der Waals surface area contributed by atoms with Crippen LogP contribution in [0.5, 0.6) is 11.5 Å². The topological polar surface area (TPSA) is 63.9 Å². The van der Waals surface area contributed by atoms with E-state index >= 15 is 0 Å². The van der Waals surface area contributed by atoms with Crippen LogP contribution in [0.2, 0.25) is 0 Å². The van der Waals surface area contributed by atoms with E-state index < -0.39 is 0 Å². The molecule has 4 rings (SSSR count). The number of benzene rings is 1. The van der Waals surface area contributed by atoms with Gasteiger partial charge in [0.2, 0.25) is 5.89 Å². The smallest absolute Gasteiger partial charge is 0.243 e. The average Bonchev–Trinajstić information content (AvgIpc) is 3.17. The van der Waals surface area contributed by atoms with Gasteiger partial charge in [0.25, 0.3) is 0 Å². The zero-order chi connectivity index (χ0) is 17.9. The van der Waals surface area contributed by atoms with Crippen molar-refractivity contribution >= 4 is 0 Å². The largest absolute Gasteiger partial charge is 0.486 e. The minimum absolute atomic E-state index is 0.166. The Balaban J connectivity index is 1.32. The van der Waals surface area contributed by atoms with E-state index in [0.717, 1.165) is 62.4 Å². The molecule has 0 radical (unpaired) electrons. The van der Waals surface area contributed by atoms with Gasteiger partial charge in [-0.25, -0.2) is 0 Å². The molecule has 0 amide bonds. The lowest BCUT2D eigenvalue weighted by Gasteiger charge is -2.36. The Labute approximate surface area is 153 Å². The quantitative estimate of drug-likeness (QED) is 0.812. The molecule has 2 aromatic rings. The maximum atomic E-state index is 5.69. The third-order valence-electron chi connectivity index (χ3n) is 5.12. The van der Waals surface area contributed by atoms with Crippen molar-refractivity contribution in [1.29, 1.82) is 0 Å². The Morgan fingerprint density at radius 2 is 1.85 bits per heavy atom. The first-order valence-electron chi connectivity index (χ1n) is 9.40. The van der Waals surface area contributed by atoms with E-state index in [1.165, 1.54) is 5.56 Å². The lowest BCUT2D eigenvalue weighted by molar-refractivity contribution is 0.0844. The lowest BCUT2D eigenvalue weighted by Crippen LogP contribution is -2.46. The van der Waals surface area contributed by atoms with Crippen LogP contribution in [-0.4, -0.2) is 59.3 Å². The molecule has 0 bridgehead atoms. The van der Waals surface area contributed by atoms with Gasteiger partial charge in [-0.2, -0.15) is 4.98 Å². The zero-order valence-electron chi connectivity index (χ0n) is 15.5. The number of aryl methyl sites for hydroxylation is 1. The van der Waals surface area contributed by atoms with Gasteiger partial charge in [-0.15, -0.1) is 0 Å². The van der Waals surface area contributed by atoms with Crippen molar-refractivity contribution in [3.05, 3.63) is 35.5 Å². The van der Waals surface area contributed by atoms with Crippen LogP contribution in [0.25, 0.3) is 0 Å². The minimum atomic E-state index is 0.166. The number of fused-ring (bicyclic) bond motifs is 1. The van der Waals surface area contributed by atoms with Crippen LogP contribution in [0, 0.1) is 0 Å². The summed E-state index contributed by atoms with van der Waals surface area (Å²) in [7, 11) is 0. The average molecular weight is 358 g/mol. The first kappa shape index (κ1) is 17.3. The zero-order valence-corrected chi connectivity index (χ0v) is 15.5. The van der Waals surface area contributed by atoms with E-state index in [0.29, 0.717) is 13.2 Å². The SMILES string of the molecule is CCc1noc(C(C)N2CCN(Cc3ccc4c(c3)OCCO4)CC2)n1. The molecule has 2 aliphatic rings. The number of aromatic nitrogens is 2. The highest BCUT2D eigenvalue weighted by atomic mass is 16.6. The van der Waals surface area contributed by atoms with Crippen LogP contribution < -0.4 is 9.47 Å². The van der Waals surface area contributed by atoms with Crippen LogP contribution in [0.1, 0.15) is 37.2 Å². The van der Waals surface area contributed by atoms with Crippen molar-refractivity contribution in [2.45, 2.75) is 32.9 Å². The van der Waals surface area contributed by atoms with E-state index in [1.54, 1.807) is 0 Å². The molecule has 7 heteroatoms. The van der Waals surface area contributed by atoms with Crippen LogP contribution in [-0.2, 0) is 13.0 Å². The summed E-state index contributed by atoms with van der Waals surface area (Å²) < 4.78 is 16.7. The summed E-state index contributed by atoms with van der Waals surface area (Å²) in [5.41, 5.74) is 1.26. The Bertz CT molecular complexity index is 740. The van der Waals surface area contributed by atoms with Gasteiger partial charge in [0.1, 0.15) is 13.2 Å². The summed E-state index contributed by atoms with van der Waals surface area (Å²) in [6.45, 7) is 10.4. The predicted molar refractivity (Wildman–Crippen MR) is 96.4 cm³/mol. The molecule has 1 aromatic heterocycles. The van der Waals surface area contributed by atoms with E-state index in [1.807, 2.05) is 13.0 Å². The van der Waals surface area contributed by atoms with Crippen molar-refractivity contribution in [3.8, 4) is 11.5 Å². The van der Waals surface area contributed by atoms with Crippen molar-refractivity contribution in [2.24, 2.45) is 0 Å². The van der Waals surface area contributed by atoms with Gasteiger partial charge < -0.3 is 14.0 Å². The summed E-state index contributed by atoms with van der Waals surface area (Å²) in [5.74, 6) is 3.22. The standard InChI is InChI=1S/C19H26N4O3/c1-3-18-20-19(26-21-18)14(2)23-8-6-22(7-9-23)13-15-4-5-16-17(12-15)25-11-10-24-16/h4-5,12,14H,3,6-11,13H2,1-2H3. The second-order valence-electron chi connectivity index (χ2n) is 6.87. The Morgan fingerprint density at radius 3 is 2.58 bits per heavy atom. The van der Waals surface area contributed by atoms with Gasteiger partial charge in [0.05, 0.1) is 6.04 Å². The highest BCUT2D eigenvalue weighted by molar-refractivity contribution is 5.43. The van der Waals surface area contributed by atoms with Crippen LogP contribution in [0.15, 0.2) is 22.7 Å². The predicted octanol–water partition coefficient (Wildman–Crippen LogP) is 2.28. The number of nitrogens with zero attached hydrogens (tertiary/aromatic N) is 4. The maximum absolute atomic E-state index is 5.69.